The third-order valence-corrected chi connectivity index (χ3v) is 4.16. The molecule has 0 radical (unpaired) electrons. The summed E-state index contributed by atoms with van der Waals surface area (Å²) in [5.41, 5.74) is 2.78. The van der Waals surface area contributed by atoms with Crippen LogP contribution in [0.4, 0.5) is 0 Å². The lowest BCUT2D eigenvalue weighted by Crippen LogP contribution is -2.14. The number of hydrogen-bond acceptors (Lipinski definition) is 4. The van der Waals surface area contributed by atoms with Gasteiger partial charge in [-0.25, -0.2) is 0 Å². The van der Waals surface area contributed by atoms with Gasteiger partial charge in [-0.2, -0.15) is 4.68 Å². The van der Waals surface area contributed by atoms with Crippen LogP contribution in [0, 0.1) is 0 Å². The topological polar surface area (TPSA) is 57.3 Å². The first-order chi connectivity index (χ1) is 11.7. The van der Waals surface area contributed by atoms with Gasteiger partial charge in [-0.15, -0.1) is 5.10 Å². The van der Waals surface area contributed by atoms with Gasteiger partial charge in [0.2, 0.25) is 5.89 Å². The lowest BCUT2D eigenvalue weighted by Gasteiger charge is -2.04. The SMILES string of the molecule is CCc1ccc(-n2nc3oc4c(OC)cccc4cc-3c2=O)cc1. The number of rotatable bonds is 3. The van der Waals surface area contributed by atoms with Gasteiger partial charge in [0.05, 0.1) is 12.8 Å². The van der Waals surface area contributed by atoms with Gasteiger partial charge in [-0.1, -0.05) is 31.2 Å². The highest BCUT2D eigenvalue weighted by molar-refractivity contribution is 5.86. The van der Waals surface area contributed by atoms with Crippen molar-refractivity contribution in [3.63, 3.8) is 0 Å². The van der Waals surface area contributed by atoms with Gasteiger partial charge >= 0.3 is 0 Å². The number of ether oxygens (including phenoxy) is 1. The second kappa shape index (κ2) is 5.53. The van der Waals surface area contributed by atoms with Crippen molar-refractivity contribution < 1.29 is 9.15 Å². The van der Waals surface area contributed by atoms with E-state index in [1.54, 1.807) is 13.2 Å². The van der Waals surface area contributed by atoms with Gasteiger partial charge in [-0.3, -0.25) is 4.79 Å². The Balaban J connectivity index is 1.95. The predicted molar refractivity (Wildman–Crippen MR) is 92.2 cm³/mol. The number of fused-ring (bicyclic) bond motifs is 2. The molecule has 0 unspecified atom stereocenters. The summed E-state index contributed by atoms with van der Waals surface area (Å²) in [6, 6.07) is 15.1. The number of aryl methyl sites for hydroxylation is 1. The average molecular weight is 320 g/mol. The van der Waals surface area contributed by atoms with Crippen LogP contribution in [0.3, 0.4) is 0 Å². The maximum Gasteiger partial charge on any atom is 0.284 e. The van der Waals surface area contributed by atoms with Gasteiger partial charge < -0.3 is 9.15 Å². The first-order valence-electron chi connectivity index (χ1n) is 7.80. The van der Waals surface area contributed by atoms with Crippen molar-refractivity contribution in [1.82, 2.24) is 9.78 Å². The van der Waals surface area contributed by atoms with Crippen molar-refractivity contribution in [2.75, 3.05) is 7.11 Å². The quantitative estimate of drug-likeness (QED) is 0.578. The summed E-state index contributed by atoms with van der Waals surface area (Å²) in [6.45, 7) is 2.09. The standard InChI is InChI=1S/C19H16N2O3/c1-3-12-7-9-14(10-8-12)21-19(22)15-11-13-5-4-6-16(23-2)17(13)24-18(15)20-21/h4-11H,3H2,1-2H3. The molecule has 0 spiro atoms. The Morgan fingerprint density at radius 3 is 2.67 bits per heavy atom. The number of para-hydroxylation sites is 1. The molecule has 2 aromatic rings. The van der Waals surface area contributed by atoms with E-state index in [0.29, 0.717) is 22.8 Å². The van der Waals surface area contributed by atoms with Crippen LogP contribution in [0.25, 0.3) is 28.1 Å². The Bertz CT molecular complexity index is 1040. The van der Waals surface area contributed by atoms with E-state index in [1.165, 1.54) is 10.2 Å². The normalized spacial score (nSPS) is 11.2. The third-order valence-electron chi connectivity index (χ3n) is 4.16. The molecule has 2 aromatic carbocycles. The number of methoxy groups -OCH3 is 1. The van der Waals surface area contributed by atoms with E-state index in [4.69, 9.17) is 9.15 Å². The van der Waals surface area contributed by atoms with Crippen molar-refractivity contribution in [2.24, 2.45) is 0 Å². The van der Waals surface area contributed by atoms with Crippen molar-refractivity contribution >= 4 is 11.0 Å². The van der Waals surface area contributed by atoms with Crippen LogP contribution < -0.4 is 10.3 Å². The van der Waals surface area contributed by atoms with E-state index in [2.05, 4.69) is 12.0 Å². The zero-order chi connectivity index (χ0) is 16.7. The molecule has 0 fully saturated rings. The van der Waals surface area contributed by atoms with Crippen molar-refractivity contribution in [3.05, 3.63) is 64.4 Å². The summed E-state index contributed by atoms with van der Waals surface area (Å²) in [5, 5.41) is 5.15. The molecule has 0 aliphatic carbocycles. The minimum atomic E-state index is -0.192. The molecule has 0 saturated carbocycles. The number of nitrogens with zero attached hydrogens (tertiary/aromatic N) is 2. The van der Waals surface area contributed by atoms with Crippen LogP contribution in [0.1, 0.15) is 12.5 Å². The molecule has 5 heteroatoms. The summed E-state index contributed by atoms with van der Waals surface area (Å²) in [7, 11) is 1.58. The van der Waals surface area contributed by atoms with Crippen LogP contribution in [0.15, 0.2) is 57.7 Å². The van der Waals surface area contributed by atoms with Crippen LogP contribution in [0.5, 0.6) is 5.75 Å². The van der Waals surface area contributed by atoms with Gasteiger partial charge in [0.15, 0.2) is 11.3 Å². The van der Waals surface area contributed by atoms with Gasteiger partial charge in [0, 0.05) is 5.39 Å². The Kier molecular flexibility index (Phi) is 3.34. The van der Waals surface area contributed by atoms with E-state index >= 15 is 0 Å². The fraction of sp³-hybridized carbons (Fsp3) is 0.158. The van der Waals surface area contributed by atoms with Gasteiger partial charge in [-0.05, 0) is 36.2 Å². The first-order valence-corrected chi connectivity index (χ1v) is 7.80. The zero-order valence-electron chi connectivity index (χ0n) is 13.4. The smallest absolute Gasteiger partial charge is 0.284 e. The lowest BCUT2D eigenvalue weighted by molar-refractivity contribution is 0.409. The summed E-state index contributed by atoms with van der Waals surface area (Å²) >= 11 is 0. The molecule has 2 aliphatic rings. The number of aromatic nitrogens is 2. The Morgan fingerprint density at radius 2 is 1.96 bits per heavy atom. The molecule has 0 saturated heterocycles. The molecule has 0 atom stereocenters. The van der Waals surface area contributed by atoms with E-state index in [0.717, 1.165) is 17.5 Å². The number of benzene rings is 2. The summed E-state index contributed by atoms with van der Waals surface area (Å²) in [4.78, 5) is 12.7. The summed E-state index contributed by atoms with van der Waals surface area (Å²) in [6.07, 6.45) is 0.951. The Labute approximate surface area is 138 Å². The molecule has 0 bridgehead atoms. The van der Waals surface area contributed by atoms with Crippen LogP contribution in [-0.2, 0) is 6.42 Å². The van der Waals surface area contributed by atoms with E-state index < -0.39 is 0 Å². The maximum absolute atomic E-state index is 12.7. The molecule has 4 rings (SSSR count). The molecular weight excluding hydrogens is 304 g/mol. The number of hydrogen-bond donors (Lipinski definition) is 0. The van der Waals surface area contributed by atoms with E-state index in [1.807, 2.05) is 42.5 Å². The summed E-state index contributed by atoms with van der Waals surface area (Å²) in [5.74, 6) is 0.917. The highest BCUT2D eigenvalue weighted by Gasteiger charge is 2.20. The third kappa shape index (κ3) is 2.17. The fourth-order valence-electron chi connectivity index (χ4n) is 2.81. The highest BCUT2D eigenvalue weighted by atomic mass is 16.5. The predicted octanol–water partition coefficient (Wildman–Crippen LogP) is 3.65. The second-order valence-corrected chi connectivity index (χ2v) is 5.58. The molecule has 0 N–H and O–H groups in total. The van der Waals surface area contributed by atoms with Crippen molar-refractivity contribution in [2.45, 2.75) is 13.3 Å². The van der Waals surface area contributed by atoms with E-state index in [-0.39, 0.29) is 5.56 Å². The fourth-order valence-corrected chi connectivity index (χ4v) is 2.81. The minimum Gasteiger partial charge on any atom is -0.493 e. The molecule has 2 aliphatic heterocycles. The molecule has 2 heterocycles. The van der Waals surface area contributed by atoms with Gasteiger partial charge in [0.25, 0.3) is 5.56 Å². The molecule has 5 nitrogen and oxygen atoms in total. The Hall–Kier alpha value is -3.08. The van der Waals surface area contributed by atoms with Crippen LogP contribution in [-0.4, -0.2) is 16.9 Å². The minimum absolute atomic E-state index is 0.192. The van der Waals surface area contributed by atoms with Crippen LogP contribution in [0.2, 0.25) is 0 Å². The van der Waals surface area contributed by atoms with Crippen molar-refractivity contribution in [3.8, 4) is 22.9 Å². The van der Waals surface area contributed by atoms with Crippen LogP contribution >= 0.6 is 0 Å². The molecule has 120 valence electrons. The summed E-state index contributed by atoms with van der Waals surface area (Å²) < 4.78 is 12.5. The Morgan fingerprint density at radius 1 is 1.17 bits per heavy atom. The molecule has 0 aromatic heterocycles. The highest BCUT2D eigenvalue weighted by Crippen LogP contribution is 2.31. The zero-order valence-corrected chi connectivity index (χ0v) is 13.4. The second-order valence-electron chi connectivity index (χ2n) is 5.58. The van der Waals surface area contributed by atoms with Gasteiger partial charge in [0.1, 0.15) is 5.56 Å². The maximum atomic E-state index is 12.7. The van der Waals surface area contributed by atoms with E-state index in [9.17, 15) is 4.79 Å². The largest absolute Gasteiger partial charge is 0.493 e. The molecular formula is C19H16N2O3. The van der Waals surface area contributed by atoms with Crippen molar-refractivity contribution in [1.29, 1.82) is 0 Å². The first kappa shape index (κ1) is 14.5. The lowest BCUT2D eigenvalue weighted by atomic mass is 10.1. The average Bonchev–Trinajstić information content (AvgIpc) is 2.95. The molecule has 0 amide bonds. The monoisotopic (exact) mass is 320 g/mol. The molecule has 24 heavy (non-hydrogen) atoms.